The van der Waals surface area contributed by atoms with Gasteiger partial charge in [-0.3, -0.25) is 4.79 Å². The number of benzene rings is 2. The van der Waals surface area contributed by atoms with Gasteiger partial charge in [0, 0.05) is 6.92 Å². The molecule has 0 heterocycles. The molecule has 0 bridgehead atoms. The fourth-order valence-electron chi connectivity index (χ4n) is 2.35. The molecule has 0 saturated carbocycles. The molecule has 3 nitrogen and oxygen atoms in total. The monoisotopic (exact) mass is 297 g/mol. The molecule has 0 aliphatic heterocycles. The van der Waals surface area contributed by atoms with Gasteiger partial charge < -0.3 is 10.1 Å². The van der Waals surface area contributed by atoms with Crippen molar-refractivity contribution in [2.24, 2.45) is 0 Å². The number of hydrogen-bond donors (Lipinski definition) is 1. The Morgan fingerprint density at radius 3 is 1.86 bits per heavy atom. The summed E-state index contributed by atoms with van der Waals surface area (Å²) in [5.41, 5.74) is 3.39. The molecule has 3 heteroatoms. The van der Waals surface area contributed by atoms with E-state index in [1.807, 2.05) is 32.9 Å². The topological polar surface area (TPSA) is 38.3 Å². The normalized spacial score (nSPS) is 12.0. The molecule has 0 radical (unpaired) electrons. The van der Waals surface area contributed by atoms with Crippen LogP contribution in [0.15, 0.2) is 48.5 Å². The molecule has 0 spiro atoms. The first-order valence-electron chi connectivity index (χ1n) is 7.60. The van der Waals surface area contributed by atoms with Gasteiger partial charge in [-0.1, -0.05) is 36.4 Å². The van der Waals surface area contributed by atoms with Crippen molar-refractivity contribution in [3.05, 3.63) is 54.1 Å². The highest BCUT2D eigenvalue weighted by molar-refractivity contribution is 5.73. The van der Waals surface area contributed by atoms with Crippen LogP contribution in [0.1, 0.15) is 39.3 Å². The molecular weight excluding hydrogens is 274 g/mol. The number of carbonyl (C=O) groups excluding carboxylic acids is 1. The van der Waals surface area contributed by atoms with Gasteiger partial charge in [0.1, 0.15) is 5.75 Å². The highest BCUT2D eigenvalue weighted by Gasteiger charge is 2.07. The van der Waals surface area contributed by atoms with Crippen LogP contribution in [0.2, 0.25) is 0 Å². The summed E-state index contributed by atoms with van der Waals surface area (Å²) in [7, 11) is 0. The molecule has 0 aliphatic carbocycles. The van der Waals surface area contributed by atoms with Crippen molar-refractivity contribution >= 4 is 5.91 Å². The molecule has 2 aromatic rings. The van der Waals surface area contributed by atoms with E-state index >= 15 is 0 Å². The number of amides is 1. The van der Waals surface area contributed by atoms with Crippen LogP contribution in [0.25, 0.3) is 11.1 Å². The first-order valence-corrected chi connectivity index (χ1v) is 7.60. The summed E-state index contributed by atoms with van der Waals surface area (Å²) in [5.74, 6) is 0.868. The molecule has 1 amide bonds. The van der Waals surface area contributed by atoms with E-state index in [-0.39, 0.29) is 18.1 Å². The summed E-state index contributed by atoms with van der Waals surface area (Å²) < 4.78 is 5.65. The second kappa shape index (κ2) is 7.12. The Labute approximate surface area is 132 Å². The van der Waals surface area contributed by atoms with E-state index in [4.69, 9.17) is 4.74 Å². The zero-order valence-corrected chi connectivity index (χ0v) is 13.6. The fourth-order valence-corrected chi connectivity index (χ4v) is 2.35. The molecule has 0 aliphatic rings. The molecule has 1 atom stereocenters. The van der Waals surface area contributed by atoms with Gasteiger partial charge >= 0.3 is 0 Å². The third kappa shape index (κ3) is 4.35. The predicted octanol–water partition coefficient (Wildman–Crippen LogP) is 4.34. The Morgan fingerprint density at radius 2 is 1.41 bits per heavy atom. The van der Waals surface area contributed by atoms with E-state index < -0.39 is 0 Å². The van der Waals surface area contributed by atoms with Gasteiger partial charge in [0.2, 0.25) is 5.91 Å². The maximum atomic E-state index is 11.1. The quantitative estimate of drug-likeness (QED) is 0.891. The standard InChI is InChI=1S/C19H23NO2/c1-13(2)22-19-11-9-18(10-12-19)17-7-5-16(6-8-17)14(3)20-15(4)21/h5-14H,1-4H3,(H,20,21)/t14-/m0/s1. The van der Waals surface area contributed by atoms with Crippen molar-refractivity contribution in [1.82, 2.24) is 5.32 Å². The molecule has 2 aromatic carbocycles. The minimum Gasteiger partial charge on any atom is -0.491 e. The van der Waals surface area contributed by atoms with E-state index in [9.17, 15) is 4.79 Å². The summed E-state index contributed by atoms with van der Waals surface area (Å²) in [4.78, 5) is 11.1. The average molecular weight is 297 g/mol. The van der Waals surface area contributed by atoms with Crippen LogP contribution in [-0.4, -0.2) is 12.0 Å². The van der Waals surface area contributed by atoms with Crippen molar-refractivity contribution in [2.75, 3.05) is 0 Å². The molecule has 0 fully saturated rings. The summed E-state index contributed by atoms with van der Waals surface area (Å²) in [6.45, 7) is 7.55. The molecule has 0 unspecified atom stereocenters. The van der Waals surface area contributed by atoms with Gasteiger partial charge in [-0.25, -0.2) is 0 Å². The van der Waals surface area contributed by atoms with Gasteiger partial charge in [0.05, 0.1) is 12.1 Å². The average Bonchev–Trinajstić information content (AvgIpc) is 2.47. The van der Waals surface area contributed by atoms with Crippen molar-refractivity contribution in [2.45, 2.75) is 39.8 Å². The Morgan fingerprint density at radius 1 is 0.909 bits per heavy atom. The maximum absolute atomic E-state index is 11.1. The molecule has 22 heavy (non-hydrogen) atoms. The molecular formula is C19H23NO2. The fraction of sp³-hybridized carbons (Fsp3) is 0.316. The summed E-state index contributed by atoms with van der Waals surface area (Å²) in [5, 5.41) is 2.89. The molecule has 116 valence electrons. The van der Waals surface area contributed by atoms with Crippen molar-refractivity contribution in [3.8, 4) is 16.9 Å². The van der Waals surface area contributed by atoms with Crippen LogP contribution in [-0.2, 0) is 4.79 Å². The van der Waals surface area contributed by atoms with Gasteiger partial charge in [0.25, 0.3) is 0 Å². The Bertz CT molecular complexity index is 615. The van der Waals surface area contributed by atoms with Crippen LogP contribution < -0.4 is 10.1 Å². The van der Waals surface area contributed by atoms with Crippen LogP contribution in [0, 0.1) is 0 Å². The van der Waals surface area contributed by atoms with Gasteiger partial charge in [-0.15, -0.1) is 0 Å². The second-order valence-corrected chi connectivity index (χ2v) is 5.74. The third-order valence-electron chi connectivity index (χ3n) is 3.39. The minimum absolute atomic E-state index is 0.0164. The van der Waals surface area contributed by atoms with Gasteiger partial charge in [-0.05, 0) is 49.6 Å². The zero-order chi connectivity index (χ0) is 16.1. The number of rotatable bonds is 5. The molecule has 2 rings (SSSR count). The lowest BCUT2D eigenvalue weighted by Gasteiger charge is -2.14. The first-order chi connectivity index (χ1) is 10.5. The molecule has 0 aromatic heterocycles. The number of carbonyl (C=O) groups is 1. The molecule has 0 saturated heterocycles. The summed E-state index contributed by atoms with van der Waals surface area (Å²) in [6.07, 6.45) is 0.181. The van der Waals surface area contributed by atoms with E-state index in [1.165, 1.54) is 6.92 Å². The van der Waals surface area contributed by atoms with E-state index in [2.05, 4.69) is 41.7 Å². The predicted molar refractivity (Wildman–Crippen MR) is 89.9 cm³/mol. The van der Waals surface area contributed by atoms with E-state index in [1.54, 1.807) is 0 Å². The SMILES string of the molecule is CC(=O)N[C@@H](C)c1ccc(-c2ccc(OC(C)C)cc2)cc1. The minimum atomic E-state index is -0.0164. The third-order valence-corrected chi connectivity index (χ3v) is 3.39. The van der Waals surface area contributed by atoms with Gasteiger partial charge in [0.15, 0.2) is 0 Å². The Hall–Kier alpha value is -2.29. The van der Waals surface area contributed by atoms with Gasteiger partial charge in [-0.2, -0.15) is 0 Å². The number of nitrogens with one attached hydrogen (secondary N) is 1. The highest BCUT2D eigenvalue weighted by Crippen LogP contribution is 2.24. The molecule has 1 N–H and O–H groups in total. The number of hydrogen-bond acceptors (Lipinski definition) is 2. The lowest BCUT2D eigenvalue weighted by Crippen LogP contribution is -2.23. The Kier molecular flexibility index (Phi) is 5.21. The summed E-state index contributed by atoms with van der Waals surface area (Å²) in [6, 6.07) is 16.4. The maximum Gasteiger partial charge on any atom is 0.217 e. The summed E-state index contributed by atoms with van der Waals surface area (Å²) >= 11 is 0. The van der Waals surface area contributed by atoms with Crippen molar-refractivity contribution in [1.29, 1.82) is 0 Å². The van der Waals surface area contributed by atoms with Crippen LogP contribution in [0.4, 0.5) is 0 Å². The zero-order valence-electron chi connectivity index (χ0n) is 13.6. The first kappa shape index (κ1) is 16.1. The smallest absolute Gasteiger partial charge is 0.217 e. The van der Waals surface area contributed by atoms with E-state index in [0.717, 1.165) is 22.4 Å². The van der Waals surface area contributed by atoms with E-state index in [0.29, 0.717) is 0 Å². The van der Waals surface area contributed by atoms with Crippen LogP contribution in [0.5, 0.6) is 5.75 Å². The highest BCUT2D eigenvalue weighted by atomic mass is 16.5. The van der Waals surface area contributed by atoms with Crippen LogP contribution in [0.3, 0.4) is 0 Å². The lowest BCUT2D eigenvalue weighted by atomic mass is 10.0. The van der Waals surface area contributed by atoms with Crippen molar-refractivity contribution < 1.29 is 9.53 Å². The number of ether oxygens (including phenoxy) is 1. The lowest BCUT2D eigenvalue weighted by molar-refractivity contribution is -0.119. The van der Waals surface area contributed by atoms with Crippen molar-refractivity contribution in [3.63, 3.8) is 0 Å². The largest absolute Gasteiger partial charge is 0.491 e. The second-order valence-electron chi connectivity index (χ2n) is 5.74. The Balaban J connectivity index is 2.11. The van der Waals surface area contributed by atoms with Crippen LogP contribution >= 0.6 is 0 Å².